The van der Waals surface area contributed by atoms with Gasteiger partial charge in [-0.25, -0.2) is 0 Å². The van der Waals surface area contributed by atoms with Crippen LogP contribution in [0.15, 0.2) is 0 Å². The molecule has 0 spiro atoms. The van der Waals surface area contributed by atoms with Crippen molar-refractivity contribution in [2.24, 2.45) is 0 Å². The topological polar surface area (TPSA) is 76.6 Å². The zero-order valence-electron chi connectivity index (χ0n) is 4.34. The number of quaternary nitrogens is 1. The lowest BCUT2D eigenvalue weighted by Crippen LogP contribution is -1.96. The Morgan fingerprint density at radius 1 is 1.86 bits per heavy atom. The zero-order valence-corrected chi connectivity index (χ0v) is 5.97. The van der Waals surface area contributed by atoms with Gasteiger partial charge in [0, 0.05) is 5.75 Å². The fourth-order valence-corrected chi connectivity index (χ4v) is 0. The first-order valence-electron chi connectivity index (χ1n) is 1.50. The highest BCUT2D eigenvalue weighted by Crippen LogP contribution is 1.75. The summed E-state index contributed by atoms with van der Waals surface area (Å²) in [6.07, 6.45) is 0. The highest BCUT2D eigenvalue weighted by Gasteiger charge is 1.75. The molecule has 0 bridgehead atoms. The van der Waals surface area contributed by atoms with Gasteiger partial charge in [0.2, 0.25) is 0 Å². The van der Waals surface area contributed by atoms with E-state index in [9.17, 15) is 8.76 Å². The van der Waals surface area contributed by atoms with Gasteiger partial charge in [0.05, 0.1) is 0 Å². The van der Waals surface area contributed by atoms with Crippen LogP contribution in [0.25, 0.3) is 0 Å². The maximum absolute atomic E-state index is 9.81. The summed E-state index contributed by atoms with van der Waals surface area (Å²) in [6, 6.07) is 0. The molecule has 4 N–H and O–H groups in total. The summed E-state index contributed by atoms with van der Waals surface area (Å²) < 4.78 is 19.6. The van der Waals surface area contributed by atoms with Gasteiger partial charge in [-0.3, -0.25) is 4.21 Å². The molecule has 0 rings (SSSR count). The van der Waals surface area contributed by atoms with Crippen molar-refractivity contribution in [3.8, 4) is 0 Å². The first kappa shape index (κ1) is 10.3. The molecule has 1 unspecified atom stereocenters. The van der Waals surface area contributed by atoms with Crippen LogP contribution in [0.1, 0.15) is 6.92 Å². The number of hydrogen-bond acceptors (Lipinski definition) is 3. The van der Waals surface area contributed by atoms with Gasteiger partial charge < -0.3 is 10.7 Å². The van der Waals surface area contributed by atoms with Crippen molar-refractivity contribution < 1.29 is 8.76 Å². The van der Waals surface area contributed by atoms with Gasteiger partial charge in [-0.1, -0.05) is 6.92 Å². The summed E-state index contributed by atoms with van der Waals surface area (Å²) in [5, 5.41) is 0. The smallest absolute Gasteiger partial charge is 0.0107 e. The van der Waals surface area contributed by atoms with Crippen molar-refractivity contribution in [1.29, 1.82) is 0 Å². The molecule has 0 amide bonds. The summed E-state index contributed by atoms with van der Waals surface area (Å²) in [7, 11) is -3.08. The Morgan fingerprint density at radius 2 is 2.00 bits per heavy atom. The lowest BCUT2D eigenvalue weighted by atomic mass is 11.0. The van der Waals surface area contributed by atoms with Gasteiger partial charge in [-0.15, -0.1) is 0 Å². The molecular weight excluding hydrogens is 134 g/mol. The van der Waals surface area contributed by atoms with E-state index in [4.69, 9.17) is 0 Å². The van der Waals surface area contributed by atoms with Crippen molar-refractivity contribution >= 4 is 20.0 Å². The van der Waals surface area contributed by atoms with Crippen molar-refractivity contribution in [3.63, 3.8) is 0 Å². The Balaban J connectivity index is 0. The molecule has 7 heavy (non-hydrogen) atoms. The summed E-state index contributed by atoms with van der Waals surface area (Å²) in [4.78, 5) is 0. The lowest BCUT2D eigenvalue weighted by molar-refractivity contribution is 0.536. The van der Waals surface area contributed by atoms with Crippen molar-refractivity contribution in [1.82, 2.24) is 6.15 Å². The maximum atomic E-state index is 9.81. The Bertz CT molecular complexity index is 116. The van der Waals surface area contributed by atoms with E-state index >= 15 is 0 Å². The third-order valence-electron chi connectivity index (χ3n) is 0.354. The molecule has 1 atom stereocenters. The first-order valence-corrected chi connectivity index (χ1v) is 4.07. The second-order valence-corrected chi connectivity index (χ2v) is 4.06. The van der Waals surface area contributed by atoms with E-state index in [-0.39, 0.29) is 11.9 Å². The van der Waals surface area contributed by atoms with E-state index in [0.29, 0.717) is 0 Å². The quantitative estimate of drug-likeness (QED) is 0.572. The zero-order chi connectivity index (χ0) is 5.21. The average molecular weight is 143 g/mol. The van der Waals surface area contributed by atoms with Crippen LogP contribution < -0.4 is 6.15 Å². The molecule has 0 saturated carbocycles. The highest BCUT2D eigenvalue weighted by atomic mass is 32.8. The van der Waals surface area contributed by atoms with Gasteiger partial charge in [0.1, 0.15) is 0 Å². The van der Waals surface area contributed by atoms with Crippen LogP contribution in [-0.4, -0.2) is 14.5 Å². The van der Waals surface area contributed by atoms with Gasteiger partial charge in [-0.2, -0.15) is 0 Å². The Morgan fingerprint density at radius 3 is 2.00 bits per heavy atom. The van der Waals surface area contributed by atoms with Crippen molar-refractivity contribution in [3.05, 3.63) is 0 Å². The Kier molecular flexibility index (Phi) is 4.88. The number of hydrogen-bond donors (Lipinski definition) is 1. The molecule has 0 radical (unpaired) electrons. The monoisotopic (exact) mass is 143 g/mol. The average Bonchev–Trinajstić information content (AvgIpc) is 1.35. The molecule has 0 aliphatic heterocycles. The molecule has 0 saturated heterocycles. The molecular formula is C2H9NO2S2. The number of rotatable bonds is 1. The fourth-order valence-electron chi connectivity index (χ4n) is 0. The molecule has 0 aromatic heterocycles. The van der Waals surface area contributed by atoms with Crippen LogP contribution in [0.3, 0.4) is 0 Å². The Hall–Kier alpha value is 0.290. The molecule has 0 aromatic carbocycles. The summed E-state index contributed by atoms with van der Waals surface area (Å²) >= 11 is 3.96. The van der Waals surface area contributed by atoms with Gasteiger partial charge >= 0.3 is 0 Å². The maximum Gasteiger partial charge on any atom is 0.0107 e. The van der Waals surface area contributed by atoms with Gasteiger partial charge in [-0.05, 0) is 20.0 Å². The van der Waals surface area contributed by atoms with Crippen LogP contribution >= 0.6 is 0 Å². The summed E-state index contributed by atoms with van der Waals surface area (Å²) in [5.74, 6) is 0.0579. The third kappa shape index (κ3) is 10.7. The predicted molar refractivity (Wildman–Crippen MR) is 32.8 cm³/mol. The molecule has 0 fully saturated rings. The van der Waals surface area contributed by atoms with Gasteiger partial charge in [0.15, 0.2) is 0 Å². The molecule has 0 heterocycles. The molecule has 0 aliphatic carbocycles. The first-order chi connectivity index (χ1) is 2.56. The minimum absolute atomic E-state index is 0. The summed E-state index contributed by atoms with van der Waals surface area (Å²) in [5.41, 5.74) is 0. The van der Waals surface area contributed by atoms with E-state index < -0.39 is 8.77 Å². The van der Waals surface area contributed by atoms with E-state index in [0.717, 1.165) is 0 Å². The predicted octanol–water partition coefficient (Wildman–Crippen LogP) is 0.259. The minimum atomic E-state index is -3.08. The fraction of sp³-hybridized carbons (Fsp3) is 1.00. The van der Waals surface area contributed by atoms with Crippen LogP contribution in [0.4, 0.5) is 0 Å². The SMILES string of the molecule is CCS(=O)([O-])=S.[NH4+]. The normalized spacial score (nSPS) is 16.9. The molecule has 0 aliphatic rings. The van der Waals surface area contributed by atoms with Crippen LogP contribution in [-0.2, 0) is 20.0 Å². The summed E-state index contributed by atoms with van der Waals surface area (Å²) in [6.45, 7) is 1.52. The van der Waals surface area contributed by atoms with Gasteiger partial charge in [0.25, 0.3) is 0 Å². The Labute approximate surface area is 48.2 Å². The standard InChI is InChI=1S/C2H6O2S2.H3N/c1-2-6(3,4)5;/h2H2,1H3,(H,3,4,5);1H3. The molecule has 3 nitrogen and oxygen atoms in total. The van der Waals surface area contributed by atoms with Crippen LogP contribution in [0.5, 0.6) is 0 Å². The van der Waals surface area contributed by atoms with Crippen LogP contribution in [0, 0.1) is 0 Å². The lowest BCUT2D eigenvalue weighted by Gasteiger charge is -2.02. The minimum Gasteiger partial charge on any atom is -0.769 e. The highest BCUT2D eigenvalue weighted by molar-refractivity contribution is 8.29. The van der Waals surface area contributed by atoms with E-state index in [2.05, 4.69) is 11.2 Å². The molecule has 46 valence electrons. The second-order valence-electron chi connectivity index (χ2n) is 0.846. The van der Waals surface area contributed by atoms with E-state index in [1.165, 1.54) is 6.92 Å². The third-order valence-corrected chi connectivity index (χ3v) is 1.77. The van der Waals surface area contributed by atoms with E-state index in [1.54, 1.807) is 0 Å². The van der Waals surface area contributed by atoms with E-state index in [1.807, 2.05) is 0 Å². The second kappa shape index (κ2) is 3.31. The van der Waals surface area contributed by atoms with Crippen molar-refractivity contribution in [2.75, 3.05) is 5.75 Å². The largest absolute Gasteiger partial charge is 0.769 e. The molecule has 0 aromatic rings. The van der Waals surface area contributed by atoms with Crippen LogP contribution in [0.2, 0.25) is 0 Å². The molecule has 5 heteroatoms. The van der Waals surface area contributed by atoms with Crippen molar-refractivity contribution in [2.45, 2.75) is 6.92 Å².